The molecular weight excluding hydrogens is 283 g/mol. The maximum atomic E-state index is 10.4. The van der Waals surface area contributed by atoms with Crippen LogP contribution in [0.4, 0.5) is 0 Å². The molecule has 0 aromatic carbocycles. The van der Waals surface area contributed by atoms with Crippen molar-refractivity contribution in [2.75, 3.05) is 19.4 Å². The average Bonchev–Trinajstić information content (AvgIpc) is 2.25. The summed E-state index contributed by atoms with van der Waals surface area (Å²) < 4.78 is 9.82. The van der Waals surface area contributed by atoms with Crippen LogP contribution in [-0.2, 0) is 23.4 Å². The second kappa shape index (κ2) is 8.76. The molecule has 0 fully saturated rings. The molecule has 0 aromatic rings. The Balaban J connectivity index is 4.29. The van der Waals surface area contributed by atoms with Crippen molar-refractivity contribution in [3.8, 4) is 0 Å². The molecule has 0 saturated carbocycles. The van der Waals surface area contributed by atoms with Gasteiger partial charge in [0.1, 0.15) is 0 Å². The number of aliphatic carboxylic acids is 3. The molecular formula is C9H17O9P. The quantitative estimate of drug-likeness (QED) is 0.384. The fourth-order valence-corrected chi connectivity index (χ4v) is 2.79. The summed E-state index contributed by atoms with van der Waals surface area (Å²) in [6, 6.07) is 0. The minimum atomic E-state index is -3.85. The average molecular weight is 300 g/mol. The Morgan fingerprint density at radius 3 is 1.47 bits per heavy atom. The minimum absolute atomic E-state index is 0.304. The van der Waals surface area contributed by atoms with Crippen LogP contribution in [0, 0.1) is 0 Å². The molecule has 9 nitrogen and oxygen atoms in total. The molecule has 0 heterocycles. The molecule has 4 N–H and O–H groups in total. The van der Waals surface area contributed by atoms with Gasteiger partial charge >= 0.3 is 108 Å². The Hall–Kier alpha value is -1.28. The van der Waals surface area contributed by atoms with Gasteiger partial charge in [0.2, 0.25) is 0 Å². The van der Waals surface area contributed by atoms with Gasteiger partial charge in [0.15, 0.2) is 0 Å². The van der Waals surface area contributed by atoms with Gasteiger partial charge in [-0.15, -0.1) is 0 Å². The molecule has 0 atom stereocenters. The fraction of sp³-hybridized carbons (Fsp3) is 0.667. The van der Waals surface area contributed by atoms with Crippen molar-refractivity contribution < 1.29 is 43.6 Å². The van der Waals surface area contributed by atoms with Crippen molar-refractivity contribution in [3.63, 3.8) is 0 Å². The van der Waals surface area contributed by atoms with E-state index in [1.807, 2.05) is 0 Å². The van der Waals surface area contributed by atoms with Gasteiger partial charge in [0.05, 0.1) is 0 Å². The molecule has 10 heteroatoms. The molecule has 0 aliphatic carbocycles. The van der Waals surface area contributed by atoms with E-state index >= 15 is 0 Å². The van der Waals surface area contributed by atoms with Crippen molar-refractivity contribution in [2.45, 2.75) is 19.3 Å². The Labute approximate surface area is 109 Å². The van der Waals surface area contributed by atoms with Crippen LogP contribution < -0.4 is 0 Å². The first kappa shape index (κ1) is 17.7. The van der Waals surface area contributed by atoms with Crippen molar-refractivity contribution in [1.29, 1.82) is 0 Å². The number of hydrogen-bond donors (Lipinski definition) is 4. The number of hydrogen-bond acceptors (Lipinski definition) is 6. The van der Waals surface area contributed by atoms with Crippen molar-refractivity contribution >= 4 is 25.9 Å². The standard InChI is InChI=1S/C9H17O9P/c10-7(11)1-4-17-19(16,6-3-9(14)15)18-5-2-8(12)13/h16,19H,1-6H2,(H,10,11)(H,12,13)(H,14,15). The molecule has 0 radical (unpaired) electrons. The molecule has 0 amide bonds. The fourth-order valence-electron chi connectivity index (χ4n) is 1.05. The van der Waals surface area contributed by atoms with Crippen LogP contribution in [0.25, 0.3) is 0 Å². The zero-order chi connectivity index (χ0) is 14.9. The molecule has 0 bridgehead atoms. The van der Waals surface area contributed by atoms with Gasteiger partial charge in [0, 0.05) is 0 Å². The monoisotopic (exact) mass is 300 g/mol. The number of carboxylic acid groups (broad SMARTS) is 3. The number of rotatable bonds is 11. The van der Waals surface area contributed by atoms with E-state index in [0.717, 1.165) is 0 Å². The van der Waals surface area contributed by atoms with Crippen LogP contribution in [0.3, 0.4) is 0 Å². The third-order valence-corrected chi connectivity index (χ3v) is 4.13. The van der Waals surface area contributed by atoms with E-state index in [0.29, 0.717) is 0 Å². The topological polar surface area (TPSA) is 151 Å². The van der Waals surface area contributed by atoms with Gasteiger partial charge < -0.3 is 0 Å². The first-order valence-corrected chi connectivity index (χ1v) is 7.38. The normalized spacial score (nSPS) is 12.1. The molecule has 0 spiro atoms. The molecule has 19 heavy (non-hydrogen) atoms. The third-order valence-electron chi connectivity index (χ3n) is 1.94. The molecule has 0 aliphatic rings. The number of carbonyl (C=O) groups is 3. The third kappa shape index (κ3) is 10.3. The van der Waals surface area contributed by atoms with E-state index in [-0.39, 0.29) is 32.2 Å². The summed E-state index contributed by atoms with van der Waals surface area (Å²) in [5.74, 6) is -3.45. The van der Waals surface area contributed by atoms with Crippen LogP contribution in [0.2, 0.25) is 0 Å². The van der Waals surface area contributed by atoms with E-state index in [9.17, 15) is 19.3 Å². The Morgan fingerprint density at radius 1 is 0.789 bits per heavy atom. The van der Waals surface area contributed by atoms with Gasteiger partial charge in [-0.25, -0.2) is 0 Å². The van der Waals surface area contributed by atoms with Gasteiger partial charge in [-0.2, -0.15) is 0 Å². The molecule has 112 valence electrons. The second-order valence-electron chi connectivity index (χ2n) is 3.59. The van der Waals surface area contributed by atoms with Gasteiger partial charge in [-0.05, 0) is 0 Å². The SMILES string of the molecule is O=C(O)CCO[PH](O)(CCC(=O)O)OCCC(=O)O. The Morgan fingerprint density at radius 2 is 1.16 bits per heavy atom. The van der Waals surface area contributed by atoms with E-state index in [4.69, 9.17) is 24.4 Å². The zero-order valence-electron chi connectivity index (χ0n) is 10.1. The second-order valence-corrected chi connectivity index (χ2v) is 6.09. The summed E-state index contributed by atoms with van der Waals surface area (Å²) in [4.78, 5) is 40.9. The van der Waals surface area contributed by atoms with Crippen molar-refractivity contribution in [1.82, 2.24) is 0 Å². The number of carboxylic acids is 3. The molecule has 0 aromatic heterocycles. The predicted octanol–water partition coefficient (Wildman–Crippen LogP) is -0.0691. The summed E-state index contributed by atoms with van der Waals surface area (Å²) in [6.45, 7) is -0.657. The van der Waals surface area contributed by atoms with Crippen LogP contribution in [0.5, 0.6) is 0 Å². The molecule has 0 saturated heterocycles. The van der Waals surface area contributed by atoms with Crippen molar-refractivity contribution in [2.24, 2.45) is 0 Å². The van der Waals surface area contributed by atoms with E-state index in [1.54, 1.807) is 0 Å². The van der Waals surface area contributed by atoms with Gasteiger partial charge in [0.25, 0.3) is 0 Å². The van der Waals surface area contributed by atoms with Gasteiger partial charge in [-0.1, -0.05) is 0 Å². The van der Waals surface area contributed by atoms with Crippen molar-refractivity contribution in [3.05, 3.63) is 0 Å². The van der Waals surface area contributed by atoms with E-state index in [2.05, 4.69) is 0 Å². The summed E-state index contributed by atoms with van der Waals surface area (Å²) in [6.07, 6.45) is -1.46. The molecule has 0 unspecified atom stereocenters. The first-order chi connectivity index (χ1) is 8.75. The molecule has 0 aliphatic heterocycles. The van der Waals surface area contributed by atoms with Crippen LogP contribution in [0.15, 0.2) is 0 Å². The predicted molar refractivity (Wildman–Crippen MR) is 64.1 cm³/mol. The Kier molecular flexibility index (Phi) is 8.17. The van der Waals surface area contributed by atoms with Crippen LogP contribution in [0.1, 0.15) is 19.3 Å². The summed E-state index contributed by atoms with van der Waals surface area (Å²) >= 11 is 0. The summed E-state index contributed by atoms with van der Waals surface area (Å²) in [5.41, 5.74) is 0. The Bertz CT molecular complexity index is 310. The summed E-state index contributed by atoms with van der Waals surface area (Å²) in [7, 11) is -3.85. The van der Waals surface area contributed by atoms with Gasteiger partial charge in [-0.3, -0.25) is 0 Å². The summed E-state index contributed by atoms with van der Waals surface area (Å²) in [5, 5.41) is 25.4. The maximum absolute atomic E-state index is 10.4. The van der Waals surface area contributed by atoms with E-state index in [1.165, 1.54) is 0 Å². The van der Waals surface area contributed by atoms with E-state index < -0.39 is 32.3 Å². The van der Waals surface area contributed by atoms with Crippen LogP contribution >= 0.6 is 7.94 Å². The zero-order valence-corrected chi connectivity index (χ0v) is 11.1. The van der Waals surface area contributed by atoms with Crippen LogP contribution in [-0.4, -0.2) is 57.5 Å². The molecule has 0 rings (SSSR count). The first-order valence-electron chi connectivity index (χ1n) is 5.41.